The van der Waals surface area contributed by atoms with E-state index in [2.05, 4.69) is 0 Å². The van der Waals surface area contributed by atoms with Crippen LogP contribution in [0.2, 0.25) is 0 Å². The van der Waals surface area contributed by atoms with Gasteiger partial charge in [0.15, 0.2) is 11.6 Å². The number of likely N-dealkylation sites (N-methyl/N-ethyl adjacent to an activating group) is 1. The Morgan fingerprint density at radius 1 is 1.22 bits per heavy atom. The molecule has 23 heavy (non-hydrogen) atoms. The van der Waals surface area contributed by atoms with Crippen LogP contribution in [0.5, 0.6) is 5.75 Å². The molecule has 1 heterocycles. The van der Waals surface area contributed by atoms with Crippen molar-refractivity contribution >= 4 is 5.91 Å². The molecule has 0 saturated heterocycles. The maximum Gasteiger partial charge on any atom is 0.230 e. The van der Waals surface area contributed by atoms with Gasteiger partial charge in [-0.3, -0.25) is 4.79 Å². The van der Waals surface area contributed by atoms with Crippen molar-refractivity contribution in [2.45, 2.75) is 18.9 Å². The molecular formula is C18H17F2NO2. The molecular weight excluding hydrogens is 300 g/mol. The molecule has 0 unspecified atom stereocenters. The predicted octanol–water partition coefficient (Wildman–Crippen LogP) is 3.49. The van der Waals surface area contributed by atoms with Gasteiger partial charge in [0.2, 0.25) is 5.91 Å². The largest absolute Gasteiger partial charge is 0.493 e. The Balaban J connectivity index is 1.76. The van der Waals surface area contributed by atoms with Crippen molar-refractivity contribution in [2.24, 2.45) is 0 Å². The van der Waals surface area contributed by atoms with Crippen molar-refractivity contribution in [2.75, 3.05) is 13.7 Å². The molecule has 0 aromatic heterocycles. The molecule has 0 aliphatic carbocycles. The zero-order valence-electron chi connectivity index (χ0n) is 12.8. The molecule has 1 amide bonds. The maximum atomic E-state index is 13.3. The summed E-state index contributed by atoms with van der Waals surface area (Å²) in [6.45, 7) is 0.724. The van der Waals surface area contributed by atoms with Gasteiger partial charge in [0.05, 0.1) is 12.5 Å². The minimum Gasteiger partial charge on any atom is -0.493 e. The highest BCUT2D eigenvalue weighted by Crippen LogP contribution is 2.34. The SMILES string of the molecule is CN(Cc1ccc(F)c(F)c1)C(=O)[C@H]1CCOc2ccccc21. The van der Waals surface area contributed by atoms with Crippen LogP contribution in [-0.4, -0.2) is 24.5 Å². The number of ether oxygens (including phenoxy) is 1. The fraction of sp³-hybridized carbons (Fsp3) is 0.278. The summed E-state index contributed by atoms with van der Waals surface area (Å²) in [5, 5.41) is 0. The van der Waals surface area contributed by atoms with Gasteiger partial charge in [-0.05, 0) is 30.2 Å². The van der Waals surface area contributed by atoms with E-state index in [0.717, 1.165) is 23.4 Å². The number of amides is 1. The second-order valence-corrected chi connectivity index (χ2v) is 5.67. The van der Waals surface area contributed by atoms with Crippen molar-refractivity contribution in [3.63, 3.8) is 0 Å². The molecule has 2 aromatic carbocycles. The van der Waals surface area contributed by atoms with E-state index >= 15 is 0 Å². The Bertz CT molecular complexity index is 733. The van der Waals surface area contributed by atoms with Crippen LogP contribution in [0.3, 0.4) is 0 Å². The lowest BCUT2D eigenvalue weighted by Crippen LogP contribution is -2.33. The summed E-state index contributed by atoms with van der Waals surface area (Å²) in [6.07, 6.45) is 0.609. The summed E-state index contributed by atoms with van der Waals surface area (Å²) in [5.74, 6) is -1.38. The maximum absolute atomic E-state index is 13.3. The molecule has 0 radical (unpaired) electrons. The van der Waals surface area contributed by atoms with E-state index in [4.69, 9.17) is 4.74 Å². The molecule has 3 nitrogen and oxygen atoms in total. The van der Waals surface area contributed by atoms with E-state index in [0.29, 0.717) is 18.6 Å². The first-order valence-electron chi connectivity index (χ1n) is 7.47. The number of hydrogen-bond acceptors (Lipinski definition) is 2. The zero-order chi connectivity index (χ0) is 16.4. The molecule has 2 aromatic rings. The Morgan fingerprint density at radius 3 is 2.78 bits per heavy atom. The first-order chi connectivity index (χ1) is 11.1. The highest BCUT2D eigenvalue weighted by atomic mass is 19.2. The summed E-state index contributed by atoms with van der Waals surface area (Å²) < 4.78 is 31.8. The van der Waals surface area contributed by atoms with Gasteiger partial charge in [0, 0.05) is 19.2 Å². The molecule has 1 atom stereocenters. The first-order valence-corrected chi connectivity index (χ1v) is 7.47. The Hall–Kier alpha value is -2.43. The number of benzene rings is 2. The van der Waals surface area contributed by atoms with Crippen LogP contribution in [0.4, 0.5) is 8.78 Å². The summed E-state index contributed by atoms with van der Waals surface area (Å²) >= 11 is 0. The van der Waals surface area contributed by atoms with Gasteiger partial charge >= 0.3 is 0 Å². The van der Waals surface area contributed by atoms with Gasteiger partial charge in [-0.15, -0.1) is 0 Å². The lowest BCUT2D eigenvalue weighted by atomic mass is 9.92. The first kappa shape index (κ1) is 15.5. The second kappa shape index (κ2) is 6.36. The summed E-state index contributed by atoms with van der Waals surface area (Å²) in [7, 11) is 1.67. The third-order valence-electron chi connectivity index (χ3n) is 4.04. The summed E-state index contributed by atoms with van der Waals surface area (Å²) in [6, 6.07) is 11.2. The van der Waals surface area contributed by atoms with Crippen LogP contribution in [0.25, 0.3) is 0 Å². The Kier molecular flexibility index (Phi) is 4.28. The number of carbonyl (C=O) groups is 1. The molecule has 120 valence electrons. The third kappa shape index (κ3) is 3.18. The molecule has 3 rings (SSSR count). The third-order valence-corrected chi connectivity index (χ3v) is 4.04. The standard InChI is InChI=1S/C18H17F2NO2/c1-21(11-12-6-7-15(19)16(20)10-12)18(22)14-8-9-23-17-5-3-2-4-13(14)17/h2-7,10,14H,8-9,11H2,1H3/t14-/m0/s1. The van der Waals surface area contributed by atoms with E-state index in [1.807, 2.05) is 24.3 Å². The molecule has 0 saturated carbocycles. The number of rotatable bonds is 3. The smallest absolute Gasteiger partial charge is 0.230 e. The van der Waals surface area contributed by atoms with E-state index < -0.39 is 11.6 Å². The van der Waals surface area contributed by atoms with E-state index in [-0.39, 0.29) is 18.4 Å². The molecule has 0 spiro atoms. The molecule has 5 heteroatoms. The lowest BCUT2D eigenvalue weighted by Gasteiger charge is -2.28. The zero-order valence-corrected chi connectivity index (χ0v) is 12.8. The predicted molar refractivity (Wildman–Crippen MR) is 82.1 cm³/mol. The Morgan fingerprint density at radius 2 is 2.00 bits per heavy atom. The molecule has 1 aliphatic rings. The number of halogens is 2. The van der Waals surface area contributed by atoms with Crippen LogP contribution in [-0.2, 0) is 11.3 Å². The van der Waals surface area contributed by atoms with E-state index in [1.54, 1.807) is 11.9 Å². The van der Waals surface area contributed by atoms with Gasteiger partial charge in [0.25, 0.3) is 0 Å². The Labute approximate surface area is 133 Å². The van der Waals surface area contributed by atoms with Gasteiger partial charge in [-0.1, -0.05) is 24.3 Å². The van der Waals surface area contributed by atoms with Gasteiger partial charge < -0.3 is 9.64 Å². The monoisotopic (exact) mass is 317 g/mol. The van der Waals surface area contributed by atoms with Crippen molar-refractivity contribution < 1.29 is 18.3 Å². The lowest BCUT2D eigenvalue weighted by molar-refractivity contribution is -0.132. The minimum absolute atomic E-state index is 0.0505. The second-order valence-electron chi connectivity index (χ2n) is 5.67. The molecule has 0 N–H and O–H groups in total. The van der Waals surface area contributed by atoms with Gasteiger partial charge in [0.1, 0.15) is 5.75 Å². The normalized spacial score (nSPS) is 16.4. The minimum atomic E-state index is -0.903. The average Bonchev–Trinajstić information content (AvgIpc) is 2.57. The topological polar surface area (TPSA) is 29.5 Å². The number of hydrogen-bond donors (Lipinski definition) is 0. The van der Waals surface area contributed by atoms with Crippen molar-refractivity contribution in [3.8, 4) is 5.75 Å². The quantitative estimate of drug-likeness (QED) is 0.867. The number of nitrogens with zero attached hydrogens (tertiary/aromatic N) is 1. The van der Waals surface area contributed by atoms with Crippen molar-refractivity contribution in [1.82, 2.24) is 4.90 Å². The highest BCUT2D eigenvalue weighted by molar-refractivity contribution is 5.84. The average molecular weight is 317 g/mol. The summed E-state index contributed by atoms with van der Waals surface area (Å²) in [4.78, 5) is 14.3. The van der Waals surface area contributed by atoms with Crippen LogP contribution in [0.15, 0.2) is 42.5 Å². The number of para-hydroxylation sites is 1. The van der Waals surface area contributed by atoms with Crippen LogP contribution >= 0.6 is 0 Å². The van der Waals surface area contributed by atoms with Crippen LogP contribution < -0.4 is 4.74 Å². The fourth-order valence-corrected chi connectivity index (χ4v) is 2.85. The molecule has 0 fully saturated rings. The fourth-order valence-electron chi connectivity index (χ4n) is 2.85. The molecule has 0 bridgehead atoms. The van der Waals surface area contributed by atoms with E-state index in [1.165, 1.54) is 6.07 Å². The number of carbonyl (C=O) groups excluding carboxylic acids is 1. The van der Waals surface area contributed by atoms with E-state index in [9.17, 15) is 13.6 Å². The highest BCUT2D eigenvalue weighted by Gasteiger charge is 2.29. The number of fused-ring (bicyclic) bond motifs is 1. The van der Waals surface area contributed by atoms with Gasteiger partial charge in [-0.2, -0.15) is 0 Å². The van der Waals surface area contributed by atoms with Gasteiger partial charge in [-0.25, -0.2) is 8.78 Å². The van der Waals surface area contributed by atoms with Crippen molar-refractivity contribution in [3.05, 3.63) is 65.2 Å². The summed E-state index contributed by atoms with van der Waals surface area (Å²) in [5.41, 5.74) is 1.43. The van der Waals surface area contributed by atoms with Crippen molar-refractivity contribution in [1.29, 1.82) is 0 Å². The van der Waals surface area contributed by atoms with Crippen LogP contribution in [0.1, 0.15) is 23.5 Å². The molecule has 1 aliphatic heterocycles. The van der Waals surface area contributed by atoms with Crippen LogP contribution in [0, 0.1) is 11.6 Å².